The third-order valence-electron chi connectivity index (χ3n) is 5.49. The van der Waals surface area contributed by atoms with Crippen LogP contribution in [0.1, 0.15) is 40.5 Å². The summed E-state index contributed by atoms with van der Waals surface area (Å²) >= 11 is 0. The lowest BCUT2D eigenvalue weighted by Crippen LogP contribution is -2.34. The van der Waals surface area contributed by atoms with E-state index in [0.717, 1.165) is 48.3 Å². The summed E-state index contributed by atoms with van der Waals surface area (Å²) in [6.45, 7) is 3.50. The van der Waals surface area contributed by atoms with Crippen molar-refractivity contribution in [2.45, 2.75) is 25.9 Å². The number of carbonyl (C=O) groups excluding carboxylic acids is 2. The Kier molecular flexibility index (Phi) is 8.61. The van der Waals surface area contributed by atoms with Gasteiger partial charge in [0.15, 0.2) is 12.1 Å². The average Bonchev–Trinajstić information content (AvgIpc) is 2.85. The second-order valence-electron chi connectivity index (χ2n) is 7.84. The molecule has 3 aromatic rings. The molecule has 1 fully saturated rings. The number of rotatable bonds is 6. The number of nitrogens with one attached hydrogen (secondary N) is 2. The Bertz CT molecular complexity index is 1080. The second-order valence-corrected chi connectivity index (χ2v) is 7.84. The van der Waals surface area contributed by atoms with Crippen LogP contribution in [0.5, 0.6) is 11.5 Å². The Morgan fingerprint density at radius 3 is 2.36 bits per heavy atom. The molecule has 0 spiro atoms. The minimum atomic E-state index is -0.0264. The predicted octanol–water partition coefficient (Wildman–Crippen LogP) is 4.93. The van der Waals surface area contributed by atoms with Crippen molar-refractivity contribution in [3.05, 3.63) is 77.9 Å². The van der Waals surface area contributed by atoms with Crippen LogP contribution in [0, 0.1) is 0 Å². The van der Waals surface area contributed by atoms with E-state index in [1.54, 1.807) is 19.1 Å². The first kappa shape index (κ1) is 24.0. The number of carbonyl (C=O) groups is 2. The number of anilines is 1. The molecule has 3 N–H and O–H groups in total. The standard InChI is InChI=1S/C15H15NO.C12H15NO3/c1-11(17)14-9-8-13(10-15(14)16-2)12-6-4-3-5-7-12;14-8-9-1-2-11(7-12(9)15)16-10-3-5-13-6-4-10/h3-10,16H,1-2H3;1-2,7-8,10,13,15H,3-6H2. The first-order valence-corrected chi connectivity index (χ1v) is 11.1. The van der Waals surface area contributed by atoms with Gasteiger partial charge in [-0.1, -0.05) is 36.4 Å². The van der Waals surface area contributed by atoms with Crippen molar-refractivity contribution in [3.8, 4) is 22.6 Å². The number of piperidine rings is 1. The lowest BCUT2D eigenvalue weighted by Gasteiger charge is -2.23. The number of phenols is 1. The van der Waals surface area contributed by atoms with E-state index in [1.165, 1.54) is 6.07 Å². The maximum absolute atomic E-state index is 11.4. The summed E-state index contributed by atoms with van der Waals surface area (Å²) < 4.78 is 5.72. The molecule has 1 heterocycles. The van der Waals surface area contributed by atoms with Gasteiger partial charge in [-0.3, -0.25) is 9.59 Å². The Labute approximate surface area is 194 Å². The second kappa shape index (κ2) is 11.8. The SMILES string of the molecule is CNc1cc(-c2ccccc2)ccc1C(C)=O.O=Cc1ccc(OC2CCNCC2)cc1O. The first-order chi connectivity index (χ1) is 16.0. The molecule has 0 saturated carbocycles. The van der Waals surface area contributed by atoms with Gasteiger partial charge in [-0.25, -0.2) is 0 Å². The van der Waals surface area contributed by atoms with Crippen molar-refractivity contribution in [1.82, 2.24) is 5.32 Å². The number of hydrogen-bond acceptors (Lipinski definition) is 6. The molecule has 33 heavy (non-hydrogen) atoms. The van der Waals surface area contributed by atoms with Gasteiger partial charge >= 0.3 is 0 Å². The lowest BCUT2D eigenvalue weighted by atomic mass is 10.0. The predicted molar refractivity (Wildman–Crippen MR) is 131 cm³/mol. The Hall–Kier alpha value is -3.64. The normalized spacial score (nSPS) is 13.4. The summed E-state index contributed by atoms with van der Waals surface area (Å²) in [5.74, 6) is 0.672. The van der Waals surface area contributed by atoms with Crippen LogP contribution in [0.3, 0.4) is 0 Å². The van der Waals surface area contributed by atoms with Crippen molar-refractivity contribution in [3.63, 3.8) is 0 Å². The fourth-order valence-electron chi connectivity index (χ4n) is 3.67. The highest BCUT2D eigenvalue weighted by Gasteiger charge is 2.15. The van der Waals surface area contributed by atoms with E-state index in [4.69, 9.17) is 4.74 Å². The van der Waals surface area contributed by atoms with Crippen LogP contribution in [0.15, 0.2) is 66.7 Å². The number of benzene rings is 3. The van der Waals surface area contributed by atoms with E-state index < -0.39 is 0 Å². The summed E-state index contributed by atoms with van der Waals surface area (Å²) in [5.41, 5.74) is 4.16. The van der Waals surface area contributed by atoms with Crippen molar-refractivity contribution in [1.29, 1.82) is 0 Å². The van der Waals surface area contributed by atoms with E-state index in [-0.39, 0.29) is 23.2 Å². The van der Waals surface area contributed by atoms with Crippen LogP contribution < -0.4 is 15.4 Å². The first-order valence-electron chi connectivity index (χ1n) is 11.1. The summed E-state index contributed by atoms with van der Waals surface area (Å²) in [6, 6.07) is 20.8. The van der Waals surface area contributed by atoms with Crippen LogP contribution in [0.4, 0.5) is 5.69 Å². The minimum absolute atomic E-state index is 0.0264. The number of ether oxygens (including phenoxy) is 1. The Morgan fingerprint density at radius 1 is 1.03 bits per heavy atom. The van der Waals surface area contributed by atoms with Gasteiger partial charge in [-0.15, -0.1) is 0 Å². The minimum Gasteiger partial charge on any atom is -0.507 e. The van der Waals surface area contributed by atoms with Gasteiger partial charge in [-0.05, 0) is 68.2 Å². The molecule has 0 aromatic heterocycles. The van der Waals surface area contributed by atoms with Gasteiger partial charge in [0.25, 0.3) is 0 Å². The Morgan fingerprint density at radius 2 is 1.76 bits per heavy atom. The summed E-state index contributed by atoms with van der Waals surface area (Å²) in [5, 5.41) is 15.8. The van der Waals surface area contributed by atoms with E-state index in [2.05, 4.69) is 22.8 Å². The summed E-state index contributed by atoms with van der Waals surface area (Å²) in [7, 11) is 1.83. The van der Waals surface area contributed by atoms with Gasteiger partial charge in [0.1, 0.15) is 17.6 Å². The van der Waals surface area contributed by atoms with Crippen LogP contribution in [-0.4, -0.2) is 43.4 Å². The fourth-order valence-corrected chi connectivity index (χ4v) is 3.67. The zero-order valence-electron chi connectivity index (χ0n) is 19.0. The van der Waals surface area contributed by atoms with Gasteiger partial charge < -0.3 is 20.5 Å². The fraction of sp³-hybridized carbons (Fsp3) is 0.259. The van der Waals surface area contributed by atoms with E-state index in [9.17, 15) is 14.7 Å². The smallest absolute Gasteiger partial charge is 0.161 e. The number of aromatic hydroxyl groups is 1. The number of phenolic OH excluding ortho intramolecular Hbond substituents is 1. The van der Waals surface area contributed by atoms with Crippen molar-refractivity contribution in [2.24, 2.45) is 0 Å². The van der Waals surface area contributed by atoms with Crippen LogP contribution >= 0.6 is 0 Å². The van der Waals surface area contributed by atoms with Gasteiger partial charge in [0.05, 0.1) is 5.56 Å². The maximum Gasteiger partial charge on any atom is 0.161 e. The van der Waals surface area contributed by atoms with Gasteiger partial charge in [0.2, 0.25) is 0 Å². The van der Waals surface area contributed by atoms with Gasteiger partial charge in [0, 0.05) is 24.4 Å². The molecule has 4 rings (SSSR count). The molecule has 1 saturated heterocycles. The molecule has 0 amide bonds. The number of ketones is 1. The van der Waals surface area contributed by atoms with Crippen molar-refractivity contribution < 1.29 is 19.4 Å². The summed E-state index contributed by atoms with van der Waals surface area (Å²) in [6.07, 6.45) is 2.76. The Balaban J connectivity index is 0.000000186. The van der Waals surface area contributed by atoms with Gasteiger partial charge in [-0.2, -0.15) is 0 Å². The molecule has 172 valence electrons. The number of hydrogen-bond donors (Lipinski definition) is 3. The molecule has 1 aliphatic heterocycles. The highest BCUT2D eigenvalue weighted by Crippen LogP contribution is 2.26. The topological polar surface area (TPSA) is 87.7 Å². The zero-order chi connectivity index (χ0) is 23.6. The largest absolute Gasteiger partial charge is 0.507 e. The monoisotopic (exact) mass is 446 g/mol. The third kappa shape index (κ3) is 6.67. The molecule has 6 nitrogen and oxygen atoms in total. The molecule has 6 heteroatoms. The molecule has 0 aliphatic carbocycles. The van der Waals surface area contributed by atoms with E-state index >= 15 is 0 Å². The molecular weight excluding hydrogens is 416 g/mol. The zero-order valence-corrected chi connectivity index (χ0v) is 19.0. The van der Waals surface area contributed by atoms with Crippen molar-refractivity contribution >= 4 is 17.8 Å². The maximum atomic E-state index is 11.4. The quantitative estimate of drug-likeness (QED) is 0.367. The molecule has 3 aromatic carbocycles. The van der Waals surface area contributed by atoms with E-state index in [0.29, 0.717) is 12.0 Å². The van der Waals surface area contributed by atoms with Crippen LogP contribution in [-0.2, 0) is 0 Å². The van der Waals surface area contributed by atoms with Crippen LogP contribution in [0.25, 0.3) is 11.1 Å². The molecule has 0 bridgehead atoms. The molecule has 1 aliphatic rings. The molecular formula is C27H30N2O4. The lowest BCUT2D eigenvalue weighted by molar-refractivity contribution is 0.101. The summed E-state index contributed by atoms with van der Waals surface area (Å²) in [4.78, 5) is 22.0. The third-order valence-corrected chi connectivity index (χ3v) is 5.49. The molecule has 0 atom stereocenters. The number of aldehydes is 1. The number of Topliss-reactive ketones (excluding diaryl/α,β-unsaturated/α-hetero) is 1. The molecule has 0 unspecified atom stereocenters. The highest BCUT2D eigenvalue weighted by atomic mass is 16.5. The molecule has 0 radical (unpaired) electrons. The van der Waals surface area contributed by atoms with E-state index in [1.807, 2.05) is 43.4 Å². The van der Waals surface area contributed by atoms with Crippen molar-refractivity contribution in [2.75, 3.05) is 25.5 Å². The van der Waals surface area contributed by atoms with Crippen LogP contribution in [0.2, 0.25) is 0 Å². The average molecular weight is 447 g/mol. The highest BCUT2D eigenvalue weighted by molar-refractivity contribution is 6.00.